The van der Waals surface area contributed by atoms with Gasteiger partial charge in [0.2, 0.25) is 0 Å². The number of anilines is 1. The number of nitro benzene ring substituents is 1. The van der Waals surface area contributed by atoms with Crippen molar-refractivity contribution in [3.8, 4) is 11.5 Å². The lowest BCUT2D eigenvalue weighted by molar-refractivity contribution is -0.384. The molecule has 3 rings (SSSR count). The average Bonchev–Trinajstić information content (AvgIpc) is 2.75. The van der Waals surface area contributed by atoms with E-state index in [1.807, 2.05) is 32.0 Å². The van der Waals surface area contributed by atoms with Crippen molar-refractivity contribution in [3.63, 3.8) is 0 Å². The summed E-state index contributed by atoms with van der Waals surface area (Å²) in [6.07, 6.45) is 0.109. The van der Waals surface area contributed by atoms with Crippen LogP contribution in [0.15, 0.2) is 42.5 Å². The third-order valence-electron chi connectivity index (χ3n) is 5.03. The molecule has 0 saturated carbocycles. The predicted octanol–water partition coefficient (Wildman–Crippen LogP) is 3.74. The number of rotatable bonds is 7. The van der Waals surface area contributed by atoms with Gasteiger partial charge in [0, 0.05) is 44.4 Å². The molecule has 0 aliphatic carbocycles. The molecule has 1 aliphatic rings. The Bertz CT molecular complexity index is 926. The molecule has 0 atom stereocenters. The largest absolute Gasteiger partial charge is 0.494 e. The van der Waals surface area contributed by atoms with Gasteiger partial charge in [-0.15, -0.1) is 0 Å². The summed E-state index contributed by atoms with van der Waals surface area (Å²) in [6, 6.07) is 11.9. The molecule has 1 N–H and O–H groups in total. The van der Waals surface area contributed by atoms with Crippen LogP contribution < -0.4 is 14.8 Å². The van der Waals surface area contributed by atoms with Crippen molar-refractivity contribution in [1.82, 2.24) is 9.80 Å². The molecule has 2 amide bonds. The lowest BCUT2D eigenvalue weighted by atomic mass is 10.1. The van der Waals surface area contributed by atoms with Crippen molar-refractivity contribution < 1.29 is 19.2 Å². The third kappa shape index (κ3) is 5.85. The second-order valence-corrected chi connectivity index (χ2v) is 7.61. The third-order valence-corrected chi connectivity index (χ3v) is 5.03. The number of benzene rings is 2. The number of amides is 2. The molecule has 0 unspecified atom stereocenters. The van der Waals surface area contributed by atoms with Crippen LogP contribution in [0.25, 0.3) is 0 Å². The smallest absolute Gasteiger partial charge is 0.322 e. The zero-order valence-electron chi connectivity index (χ0n) is 18.0. The Balaban J connectivity index is 1.57. The molecule has 1 saturated heterocycles. The van der Waals surface area contributed by atoms with Crippen LogP contribution in [0.5, 0.6) is 11.5 Å². The van der Waals surface area contributed by atoms with Crippen molar-refractivity contribution in [1.29, 1.82) is 0 Å². The molecule has 2 aromatic rings. The van der Waals surface area contributed by atoms with Crippen molar-refractivity contribution in [2.45, 2.75) is 26.5 Å². The zero-order chi connectivity index (χ0) is 22.4. The second-order valence-electron chi connectivity index (χ2n) is 7.61. The summed E-state index contributed by atoms with van der Waals surface area (Å²) in [5.74, 6) is 1.14. The van der Waals surface area contributed by atoms with E-state index in [0.29, 0.717) is 18.8 Å². The summed E-state index contributed by atoms with van der Waals surface area (Å²) in [5, 5.41) is 13.7. The number of nitrogens with zero attached hydrogens (tertiary/aromatic N) is 3. The van der Waals surface area contributed by atoms with Gasteiger partial charge >= 0.3 is 6.03 Å². The molecule has 1 fully saturated rings. The Morgan fingerprint density at radius 1 is 1.13 bits per heavy atom. The maximum atomic E-state index is 12.7. The van der Waals surface area contributed by atoms with E-state index in [4.69, 9.17) is 9.47 Å². The van der Waals surface area contributed by atoms with Crippen molar-refractivity contribution >= 4 is 17.4 Å². The van der Waals surface area contributed by atoms with E-state index in [1.54, 1.807) is 4.90 Å². The normalized spacial score (nSPS) is 14.4. The summed E-state index contributed by atoms with van der Waals surface area (Å²) in [7, 11) is 1.41. The first-order valence-corrected chi connectivity index (χ1v) is 10.2. The Kier molecular flexibility index (Phi) is 7.30. The molecule has 1 aliphatic heterocycles. The Labute approximate surface area is 181 Å². The van der Waals surface area contributed by atoms with Gasteiger partial charge < -0.3 is 19.7 Å². The minimum Gasteiger partial charge on any atom is -0.494 e. The van der Waals surface area contributed by atoms with Gasteiger partial charge in [0.05, 0.1) is 29.9 Å². The van der Waals surface area contributed by atoms with Gasteiger partial charge in [-0.25, -0.2) is 4.79 Å². The number of non-ortho nitro benzene ring substituents is 1. The Hall–Kier alpha value is -3.33. The first-order valence-electron chi connectivity index (χ1n) is 10.2. The van der Waals surface area contributed by atoms with Crippen molar-refractivity contribution in [3.05, 3.63) is 58.1 Å². The highest BCUT2D eigenvalue weighted by atomic mass is 16.6. The summed E-state index contributed by atoms with van der Waals surface area (Å²) >= 11 is 0. The van der Waals surface area contributed by atoms with Gasteiger partial charge in [0.1, 0.15) is 11.5 Å². The van der Waals surface area contributed by atoms with Gasteiger partial charge in [-0.3, -0.25) is 15.0 Å². The van der Waals surface area contributed by atoms with Gasteiger partial charge in [-0.2, -0.15) is 0 Å². The highest BCUT2D eigenvalue weighted by Gasteiger charge is 2.23. The fraction of sp³-hybridized carbons (Fsp3) is 0.409. The SMILES string of the molecule is COc1cc([N+](=O)[O-])ccc1NC(=O)N1CCN(Cc2ccccc2OC(C)C)CC1. The van der Waals surface area contributed by atoms with Crippen LogP contribution in [0.2, 0.25) is 0 Å². The molecule has 0 bridgehead atoms. The van der Waals surface area contributed by atoms with Crippen LogP contribution in [0.4, 0.5) is 16.2 Å². The minimum absolute atomic E-state index is 0.0924. The van der Waals surface area contributed by atoms with Gasteiger partial charge in [0.25, 0.3) is 5.69 Å². The number of methoxy groups -OCH3 is 1. The fourth-order valence-electron chi connectivity index (χ4n) is 3.44. The maximum Gasteiger partial charge on any atom is 0.322 e. The Morgan fingerprint density at radius 3 is 2.48 bits per heavy atom. The van der Waals surface area contributed by atoms with E-state index >= 15 is 0 Å². The monoisotopic (exact) mass is 428 g/mol. The van der Waals surface area contributed by atoms with E-state index in [0.717, 1.165) is 30.9 Å². The van der Waals surface area contributed by atoms with E-state index in [9.17, 15) is 14.9 Å². The van der Waals surface area contributed by atoms with Gasteiger partial charge in [-0.05, 0) is 26.0 Å². The lowest BCUT2D eigenvalue weighted by Gasteiger charge is -2.35. The van der Waals surface area contributed by atoms with E-state index in [1.165, 1.54) is 25.3 Å². The number of nitrogens with one attached hydrogen (secondary N) is 1. The summed E-state index contributed by atoms with van der Waals surface area (Å²) < 4.78 is 11.1. The topological polar surface area (TPSA) is 97.2 Å². The van der Waals surface area contributed by atoms with E-state index in [2.05, 4.69) is 16.3 Å². The van der Waals surface area contributed by atoms with Gasteiger partial charge in [-0.1, -0.05) is 18.2 Å². The van der Waals surface area contributed by atoms with Gasteiger partial charge in [0.15, 0.2) is 0 Å². The van der Waals surface area contributed by atoms with Crippen LogP contribution in [0.1, 0.15) is 19.4 Å². The molecule has 9 nitrogen and oxygen atoms in total. The molecule has 166 valence electrons. The van der Waals surface area contributed by atoms with Crippen LogP contribution in [-0.4, -0.2) is 60.1 Å². The molecule has 9 heteroatoms. The van der Waals surface area contributed by atoms with Crippen LogP contribution >= 0.6 is 0 Å². The molecular weight excluding hydrogens is 400 g/mol. The highest BCUT2D eigenvalue weighted by Crippen LogP contribution is 2.29. The van der Waals surface area contributed by atoms with E-state index < -0.39 is 4.92 Å². The molecule has 0 radical (unpaired) electrons. The zero-order valence-corrected chi connectivity index (χ0v) is 18.0. The minimum atomic E-state index is -0.502. The summed E-state index contributed by atoms with van der Waals surface area (Å²) in [5.41, 5.74) is 1.44. The summed E-state index contributed by atoms with van der Waals surface area (Å²) in [4.78, 5) is 27.1. The maximum absolute atomic E-state index is 12.7. The molecule has 1 heterocycles. The number of carbonyl (C=O) groups excluding carboxylic acids is 1. The quantitative estimate of drug-likeness (QED) is 0.533. The number of ether oxygens (including phenoxy) is 2. The molecular formula is C22H28N4O5. The predicted molar refractivity (Wildman–Crippen MR) is 118 cm³/mol. The molecule has 2 aromatic carbocycles. The lowest BCUT2D eigenvalue weighted by Crippen LogP contribution is -2.49. The van der Waals surface area contributed by atoms with Crippen LogP contribution in [0, 0.1) is 10.1 Å². The number of carbonyl (C=O) groups is 1. The van der Waals surface area contributed by atoms with Crippen molar-refractivity contribution in [2.24, 2.45) is 0 Å². The van der Waals surface area contributed by atoms with Crippen LogP contribution in [-0.2, 0) is 6.54 Å². The number of hydrogen-bond donors (Lipinski definition) is 1. The first kappa shape index (κ1) is 22.4. The molecule has 31 heavy (non-hydrogen) atoms. The van der Waals surface area contributed by atoms with E-state index in [-0.39, 0.29) is 23.6 Å². The number of hydrogen-bond acceptors (Lipinski definition) is 6. The van der Waals surface area contributed by atoms with Crippen LogP contribution in [0.3, 0.4) is 0 Å². The first-order chi connectivity index (χ1) is 14.9. The number of para-hydroxylation sites is 1. The summed E-state index contributed by atoms with van der Waals surface area (Å²) in [6.45, 7) is 7.40. The molecule has 0 aromatic heterocycles. The fourth-order valence-corrected chi connectivity index (χ4v) is 3.44. The Morgan fingerprint density at radius 2 is 1.84 bits per heavy atom. The standard InChI is InChI=1S/C22H28N4O5/c1-16(2)31-20-7-5-4-6-17(20)15-24-10-12-25(13-11-24)22(27)23-19-9-8-18(26(28)29)14-21(19)30-3/h4-9,14,16H,10-13,15H2,1-3H3,(H,23,27). The number of urea groups is 1. The number of piperazine rings is 1. The average molecular weight is 428 g/mol. The highest BCUT2D eigenvalue weighted by molar-refractivity contribution is 5.91. The second kappa shape index (κ2) is 10.1. The van der Waals surface area contributed by atoms with Crippen molar-refractivity contribution in [2.75, 3.05) is 38.6 Å². The number of nitro groups is 1. The molecule has 0 spiro atoms.